The molecule has 1 aliphatic heterocycles. The normalized spacial score (nSPS) is 17.0. The number of fused-ring (bicyclic) bond motifs is 1. The van der Waals surface area contributed by atoms with Crippen molar-refractivity contribution in [3.8, 4) is 0 Å². The van der Waals surface area contributed by atoms with Gasteiger partial charge < -0.3 is 4.57 Å². The van der Waals surface area contributed by atoms with Crippen LogP contribution in [-0.2, 0) is 4.57 Å². The Hall–Kier alpha value is -3.29. The molecule has 4 heteroatoms. The maximum Gasteiger partial charge on any atom is 0.172 e. The van der Waals surface area contributed by atoms with Crippen LogP contribution in [0.3, 0.4) is 0 Å². The van der Waals surface area contributed by atoms with Crippen LogP contribution in [0.25, 0.3) is 10.6 Å². The monoisotopic (exact) mass is 424 g/mol. The predicted molar refractivity (Wildman–Crippen MR) is 125 cm³/mol. The number of hydrogen-bond donors (Lipinski definition) is 0. The standard InChI is InChI=1S/C27H21O3P/c28-17-19-9-13-21(14-10-19)26-24-7-4-8-25(24)27(22-15-11-20(18-29)12-16-22)31(26,30)23-5-2-1-3-6-23/h1-3,5-6,9-18H,4,7-8H2. The molecule has 0 spiro atoms. The summed E-state index contributed by atoms with van der Waals surface area (Å²) in [6.07, 6.45) is 4.48. The first-order chi connectivity index (χ1) is 15.2. The van der Waals surface area contributed by atoms with Gasteiger partial charge in [0, 0.05) is 27.1 Å². The minimum absolute atomic E-state index is 0.603. The molecule has 3 nitrogen and oxygen atoms in total. The van der Waals surface area contributed by atoms with Crippen LogP contribution in [0.2, 0.25) is 0 Å². The van der Waals surface area contributed by atoms with Gasteiger partial charge in [-0.2, -0.15) is 0 Å². The summed E-state index contributed by atoms with van der Waals surface area (Å²) in [7, 11) is -3.13. The summed E-state index contributed by atoms with van der Waals surface area (Å²) in [5.41, 5.74) is 5.39. The smallest absolute Gasteiger partial charge is 0.172 e. The summed E-state index contributed by atoms with van der Waals surface area (Å²) < 4.78 is 15.1. The van der Waals surface area contributed by atoms with E-state index in [9.17, 15) is 9.59 Å². The van der Waals surface area contributed by atoms with Crippen molar-refractivity contribution >= 4 is 35.6 Å². The molecule has 1 saturated carbocycles. The number of carbonyl (C=O) groups is 2. The van der Waals surface area contributed by atoms with Gasteiger partial charge in [-0.1, -0.05) is 78.9 Å². The van der Waals surface area contributed by atoms with Crippen molar-refractivity contribution in [1.29, 1.82) is 0 Å². The first kappa shape index (κ1) is 19.7. The van der Waals surface area contributed by atoms with E-state index in [-0.39, 0.29) is 0 Å². The molecule has 1 fully saturated rings. The first-order valence-corrected chi connectivity index (χ1v) is 12.1. The highest BCUT2D eigenvalue weighted by molar-refractivity contribution is 7.90. The highest BCUT2D eigenvalue weighted by Crippen LogP contribution is 2.75. The lowest BCUT2D eigenvalue weighted by molar-refractivity contribution is 0.111. The van der Waals surface area contributed by atoms with Gasteiger partial charge in [0.05, 0.1) is 0 Å². The van der Waals surface area contributed by atoms with Crippen molar-refractivity contribution in [1.82, 2.24) is 0 Å². The number of hydrogen-bond acceptors (Lipinski definition) is 3. The molecule has 0 atom stereocenters. The van der Waals surface area contributed by atoms with Gasteiger partial charge in [0.25, 0.3) is 0 Å². The molecule has 152 valence electrons. The van der Waals surface area contributed by atoms with Crippen LogP contribution < -0.4 is 5.30 Å². The molecule has 3 aromatic rings. The van der Waals surface area contributed by atoms with Gasteiger partial charge in [0.15, 0.2) is 7.14 Å². The third kappa shape index (κ3) is 3.08. The van der Waals surface area contributed by atoms with E-state index in [0.29, 0.717) is 11.1 Å². The molecular weight excluding hydrogens is 403 g/mol. The second-order valence-corrected chi connectivity index (χ2v) is 10.6. The second kappa shape index (κ2) is 7.76. The lowest BCUT2D eigenvalue weighted by Crippen LogP contribution is -2.06. The molecule has 2 aliphatic rings. The van der Waals surface area contributed by atoms with Gasteiger partial charge in [-0.3, -0.25) is 9.59 Å². The van der Waals surface area contributed by atoms with E-state index in [0.717, 1.165) is 58.9 Å². The van der Waals surface area contributed by atoms with Crippen LogP contribution in [0.1, 0.15) is 51.1 Å². The van der Waals surface area contributed by atoms with E-state index in [2.05, 4.69) is 0 Å². The number of rotatable bonds is 5. The van der Waals surface area contributed by atoms with Crippen LogP contribution >= 0.6 is 7.14 Å². The third-order valence-corrected chi connectivity index (χ3v) is 9.52. The topological polar surface area (TPSA) is 51.2 Å². The van der Waals surface area contributed by atoms with E-state index >= 15 is 4.57 Å². The highest BCUT2D eigenvalue weighted by atomic mass is 31.2. The molecule has 0 aromatic heterocycles. The van der Waals surface area contributed by atoms with Gasteiger partial charge in [-0.25, -0.2) is 0 Å². The number of aldehydes is 2. The Morgan fingerprint density at radius 2 is 1.06 bits per heavy atom. The fourth-order valence-electron chi connectivity index (χ4n) is 4.81. The average molecular weight is 424 g/mol. The summed E-state index contributed by atoms with van der Waals surface area (Å²) in [6, 6.07) is 24.5. The number of benzene rings is 3. The molecule has 0 amide bonds. The molecule has 3 aromatic carbocycles. The van der Waals surface area contributed by atoms with Gasteiger partial charge >= 0.3 is 0 Å². The van der Waals surface area contributed by atoms with Gasteiger partial charge in [0.1, 0.15) is 12.6 Å². The molecular formula is C27H21O3P. The maximum absolute atomic E-state index is 15.1. The Kier molecular flexibility index (Phi) is 4.92. The molecule has 0 bridgehead atoms. The van der Waals surface area contributed by atoms with Crippen LogP contribution in [0.15, 0.2) is 90.0 Å². The number of carbonyl (C=O) groups excluding carboxylic acids is 2. The fraction of sp³-hybridized carbons (Fsp3) is 0.111. The molecule has 1 aliphatic carbocycles. The largest absolute Gasteiger partial charge is 0.309 e. The van der Waals surface area contributed by atoms with Gasteiger partial charge in [-0.15, -0.1) is 0 Å². The quantitative estimate of drug-likeness (QED) is 0.356. The Bertz CT molecular complexity index is 1200. The van der Waals surface area contributed by atoms with Crippen molar-refractivity contribution < 1.29 is 14.2 Å². The summed E-state index contributed by atoms with van der Waals surface area (Å²) in [6.45, 7) is 0. The average Bonchev–Trinajstić information content (AvgIpc) is 3.38. The molecule has 0 saturated heterocycles. The van der Waals surface area contributed by atoms with E-state index in [1.54, 1.807) is 24.3 Å². The van der Waals surface area contributed by atoms with Crippen molar-refractivity contribution in [2.75, 3.05) is 0 Å². The van der Waals surface area contributed by atoms with E-state index in [4.69, 9.17) is 0 Å². The first-order valence-electron chi connectivity index (χ1n) is 10.4. The lowest BCUT2D eigenvalue weighted by atomic mass is 10.0. The van der Waals surface area contributed by atoms with Crippen molar-refractivity contribution in [2.45, 2.75) is 19.3 Å². The summed E-state index contributed by atoms with van der Waals surface area (Å²) >= 11 is 0. The van der Waals surface area contributed by atoms with Crippen molar-refractivity contribution in [3.05, 3.63) is 112 Å². The zero-order valence-corrected chi connectivity index (χ0v) is 17.8. The third-order valence-electron chi connectivity index (χ3n) is 6.18. The fourth-order valence-corrected chi connectivity index (χ4v) is 8.42. The van der Waals surface area contributed by atoms with E-state index in [1.165, 1.54) is 11.1 Å². The molecule has 1 heterocycles. The van der Waals surface area contributed by atoms with Crippen LogP contribution in [0.4, 0.5) is 0 Å². The van der Waals surface area contributed by atoms with Crippen LogP contribution in [-0.4, -0.2) is 12.6 Å². The van der Waals surface area contributed by atoms with Gasteiger partial charge in [0.2, 0.25) is 0 Å². The molecule has 0 N–H and O–H groups in total. The molecule has 0 unspecified atom stereocenters. The van der Waals surface area contributed by atoms with Crippen LogP contribution in [0.5, 0.6) is 0 Å². The lowest BCUT2D eigenvalue weighted by Gasteiger charge is -2.23. The van der Waals surface area contributed by atoms with E-state index < -0.39 is 7.14 Å². The van der Waals surface area contributed by atoms with E-state index in [1.807, 2.05) is 54.6 Å². The summed E-state index contributed by atoms with van der Waals surface area (Å²) in [5.74, 6) is 0. The van der Waals surface area contributed by atoms with Crippen molar-refractivity contribution in [2.24, 2.45) is 0 Å². The summed E-state index contributed by atoms with van der Waals surface area (Å²) in [5, 5.41) is 2.62. The summed E-state index contributed by atoms with van der Waals surface area (Å²) in [4.78, 5) is 22.3. The zero-order valence-electron chi connectivity index (χ0n) is 17.0. The van der Waals surface area contributed by atoms with Crippen LogP contribution in [0, 0.1) is 0 Å². The Balaban J connectivity index is 1.78. The number of allylic oxidation sites excluding steroid dienone is 2. The molecule has 5 rings (SSSR count). The Morgan fingerprint density at radius 1 is 0.613 bits per heavy atom. The SMILES string of the molecule is O=Cc1ccc(C2=C3CCCC3=C(c3ccc(C=O)cc3)P2(=O)c2ccccc2)cc1. The van der Waals surface area contributed by atoms with Crippen molar-refractivity contribution in [3.63, 3.8) is 0 Å². The minimum atomic E-state index is -3.13. The maximum atomic E-state index is 15.1. The second-order valence-electron chi connectivity index (χ2n) is 7.93. The minimum Gasteiger partial charge on any atom is -0.309 e. The Labute approximate surface area is 181 Å². The highest BCUT2D eigenvalue weighted by Gasteiger charge is 2.46. The molecule has 31 heavy (non-hydrogen) atoms. The Morgan fingerprint density at radius 3 is 1.48 bits per heavy atom. The zero-order chi connectivity index (χ0) is 21.4. The predicted octanol–water partition coefficient (Wildman–Crippen LogP) is 6.32. The van der Waals surface area contributed by atoms with Gasteiger partial charge in [-0.05, 0) is 41.5 Å². The molecule has 0 radical (unpaired) electrons.